The molecule has 0 radical (unpaired) electrons. The van der Waals surface area contributed by atoms with E-state index >= 15 is 0 Å². The van der Waals surface area contributed by atoms with E-state index in [1.54, 1.807) is 0 Å². The van der Waals surface area contributed by atoms with Gasteiger partial charge in [-0.05, 0) is 51.1 Å². The maximum atomic E-state index is 11.8. The highest BCUT2D eigenvalue weighted by molar-refractivity contribution is 5.76. The van der Waals surface area contributed by atoms with E-state index in [-0.39, 0.29) is 18.3 Å². The molecule has 6 nitrogen and oxygen atoms in total. The van der Waals surface area contributed by atoms with Gasteiger partial charge in [0.2, 0.25) is 5.91 Å². The summed E-state index contributed by atoms with van der Waals surface area (Å²) < 4.78 is 10.5. The molecule has 0 aliphatic rings. The second kappa shape index (κ2) is 23.2. The molecule has 0 aliphatic heterocycles. The zero-order chi connectivity index (χ0) is 23.9. The summed E-state index contributed by atoms with van der Waals surface area (Å²) in [6.45, 7) is 12.7. The SMILES string of the molecule is CC(=O)COCCOCCNC(=O)CCCCCC(C)CCNCCCCCCC(C)C. The van der Waals surface area contributed by atoms with Crippen LogP contribution >= 0.6 is 0 Å². The lowest BCUT2D eigenvalue weighted by Gasteiger charge is -2.12. The van der Waals surface area contributed by atoms with Crippen LogP contribution in [0.1, 0.15) is 98.3 Å². The summed E-state index contributed by atoms with van der Waals surface area (Å²) in [7, 11) is 0. The molecule has 32 heavy (non-hydrogen) atoms. The van der Waals surface area contributed by atoms with Gasteiger partial charge in [0.25, 0.3) is 0 Å². The van der Waals surface area contributed by atoms with Crippen molar-refractivity contribution in [1.29, 1.82) is 0 Å². The molecule has 6 heteroatoms. The minimum absolute atomic E-state index is 0.0114. The standard InChI is InChI=1S/C26H52N2O4/c1-23(2)12-8-5-6-11-16-27-17-15-24(3)13-9-7-10-14-26(30)28-18-19-31-20-21-32-22-25(4)29/h23-24,27H,5-22H2,1-4H3,(H,28,30). The van der Waals surface area contributed by atoms with Crippen molar-refractivity contribution in [1.82, 2.24) is 10.6 Å². The molecule has 0 saturated carbocycles. The maximum Gasteiger partial charge on any atom is 0.220 e. The first kappa shape index (κ1) is 31.0. The second-order valence-electron chi connectivity index (χ2n) is 9.56. The third-order valence-corrected chi connectivity index (χ3v) is 5.55. The van der Waals surface area contributed by atoms with E-state index in [9.17, 15) is 9.59 Å². The Hall–Kier alpha value is -0.980. The highest BCUT2D eigenvalue weighted by Crippen LogP contribution is 2.13. The monoisotopic (exact) mass is 456 g/mol. The van der Waals surface area contributed by atoms with Crippen LogP contribution in [-0.2, 0) is 19.1 Å². The van der Waals surface area contributed by atoms with E-state index in [0.717, 1.165) is 37.8 Å². The van der Waals surface area contributed by atoms with Crippen LogP contribution in [0.15, 0.2) is 0 Å². The van der Waals surface area contributed by atoms with Crippen molar-refractivity contribution in [3.05, 3.63) is 0 Å². The van der Waals surface area contributed by atoms with Crippen molar-refractivity contribution in [2.75, 3.05) is 46.1 Å². The van der Waals surface area contributed by atoms with E-state index in [2.05, 4.69) is 31.4 Å². The summed E-state index contributed by atoms with van der Waals surface area (Å²) in [6, 6.07) is 0. The van der Waals surface area contributed by atoms with E-state index < -0.39 is 0 Å². The Kier molecular flexibility index (Phi) is 22.5. The number of ketones is 1. The molecule has 0 heterocycles. The van der Waals surface area contributed by atoms with E-state index in [1.165, 1.54) is 58.3 Å². The molecule has 1 atom stereocenters. The van der Waals surface area contributed by atoms with Crippen molar-refractivity contribution in [2.24, 2.45) is 11.8 Å². The summed E-state index contributed by atoms with van der Waals surface area (Å²) in [6.07, 6.45) is 13.1. The lowest BCUT2D eigenvalue weighted by molar-refractivity contribution is -0.123. The summed E-state index contributed by atoms with van der Waals surface area (Å²) in [5.41, 5.74) is 0. The molecule has 0 aliphatic carbocycles. The van der Waals surface area contributed by atoms with Crippen LogP contribution in [0.2, 0.25) is 0 Å². The fourth-order valence-corrected chi connectivity index (χ4v) is 3.52. The Morgan fingerprint density at radius 3 is 2.16 bits per heavy atom. The van der Waals surface area contributed by atoms with Crippen LogP contribution in [0.4, 0.5) is 0 Å². The summed E-state index contributed by atoms with van der Waals surface area (Å²) in [4.78, 5) is 22.5. The lowest BCUT2D eigenvalue weighted by atomic mass is 9.99. The lowest BCUT2D eigenvalue weighted by Crippen LogP contribution is -2.27. The zero-order valence-electron chi connectivity index (χ0n) is 21.5. The number of nitrogens with one attached hydrogen (secondary N) is 2. The van der Waals surface area contributed by atoms with Gasteiger partial charge in [-0.3, -0.25) is 9.59 Å². The van der Waals surface area contributed by atoms with Gasteiger partial charge >= 0.3 is 0 Å². The molecule has 1 unspecified atom stereocenters. The van der Waals surface area contributed by atoms with Gasteiger partial charge in [-0.25, -0.2) is 0 Å². The van der Waals surface area contributed by atoms with Crippen LogP contribution in [-0.4, -0.2) is 57.8 Å². The first-order chi connectivity index (χ1) is 15.4. The number of Topliss-reactive ketones (excluding diaryl/α,β-unsaturated/α-hetero) is 1. The largest absolute Gasteiger partial charge is 0.377 e. The van der Waals surface area contributed by atoms with Gasteiger partial charge < -0.3 is 20.1 Å². The fraction of sp³-hybridized carbons (Fsp3) is 0.923. The first-order valence-corrected chi connectivity index (χ1v) is 13.0. The topological polar surface area (TPSA) is 76.7 Å². The number of carbonyl (C=O) groups excluding carboxylic acids is 2. The summed E-state index contributed by atoms with van der Waals surface area (Å²) in [5, 5.41) is 6.48. The number of hydrogen-bond acceptors (Lipinski definition) is 5. The highest BCUT2D eigenvalue weighted by atomic mass is 16.5. The minimum atomic E-state index is 0.0114. The highest BCUT2D eigenvalue weighted by Gasteiger charge is 2.04. The summed E-state index contributed by atoms with van der Waals surface area (Å²) >= 11 is 0. The molecule has 0 saturated heterocycles. The zero-order valence-corrected chi connectivity index (χ0v) is 21.5. The maximum absolute atomic E-state index is 11.8. The number of unbranched alkanes of at least 4 members (excludes halogenated alkanes) is 5. The van der Waals surface area contributed by atoms with Gasteiger partial charge in [-0.2, -0.15) is 0 Å². The Balaban J connectivity index is 3.31. The van der Waals surface area contributed by atoms with Crippen LogP contribution in [0.5, 0.6) is 0 Å². The number of hydrogen-bond donors (Lipinski definition) is 2. The molecular weight excluding hydrogens is 404 g/mol. The van der Waals surface area contributed by atoms with E-state index in [0.29, 0.717) is 32.8 Å². The quantitative estimate of drug-likeness (QED) is 0.202. The van der Waals surface area contributed by atoms with Crippen LogP contribution < -0.4 is 10.6 Å². The van der Waals surface area contributed by atoms with Gasteiger partial charge in [0.1, 0.15) is 6.61 Å². The number of ether oxygens (including phenoxy) is 2. The first-order valence-electron chi connectivity index (χ1n) is 13.0. The van der Waals surface area contributed by atoms with Crippen LogP contribution in [0.25, 0.3) is 0 Å². The molecular formula is C26H52N2O4. The molecule has 0 aromatic carbocycles. The average molecular weight is 457 g/mol. The van der Waals surface area contributed by atoms with Crippen molar-refractivity contribution < 1.29 is 19.1 Å². The number of carbonyl (C=O) groups is 2. The van der Waals surface area contributed by atoms with Crippen LogP contribution in [0, 0.1) is 11.8 Å². The van der Waals surface area contributed by atoms with Gasteiger partial charge in [0.15, 0.2) is 5.78 Å². The van der Waals surface area contributed by atoms with Gasteiger partial charge in [-0.1, -0.05) is 65.7 Å². The minimum Gasteiger partial charge on any atom is -0.377 e. The van der Waals surface area contributed by atoms with E-state index in [4.69, 9.17) is 9.47 Å². The van der Waals surface area contributed by atoms with Crippen molar-refractivity contribution in [3.8, 4) is 0 Å². The second-order valence-corrected chi connectivity index (χ2v) is 9.56. The predicted molar refractivity (Wildman–Crippen MR) is 133 cm³/mol. The molecule has 0 aromatic heterocycles. The molecule has 0 fully saturated rings. The fourth-order valence-electron chi connectivity index (χ4n) is 3.52. The molecule has 0 aromatic rings. The smallest absolute Gasteiger partial charge is 0.220 e. The van der Waals surface area contributed by atoms with Crippen molar-refractivity contribution >= 4 is 11.7 Å². The van der Waals surface area contributed by atoms with Crippen molar-refractivity contribution in [3.63, 3.8) is 0 Å². The van der Waals surface area contributed by atoms with Crippen molar-refractivity contribution in [2.45, 2.75) is 98.3 Å². The third-order valence-electron chi connectivity index (χ3n) is 5.55. The molecule has 0 rings (SSSR count). The molecule has 0 bridgehead atoms. The van der Waals surface area contributed by atoms with Gasteiger partial charge in [-0.15, -0.1) is 0 Å². The number of rotatable bonds is 24. The molecule has 0 spiro atoms. The molecule has 1 amide bonds. The van der Waals surface area contributed by atoms with Crippen LogP contribution in [0.3, 0.4) is 0 Å². The molecule has 190 valence electrons. The van der Waals surface area contributed by atoms with E-state index in [1.807, 2.05) is 0 Å². The normalized spacial score (nSPS) is 12.3. The Morgan fingerprint density at radius 1 is 0.719 bits per heavy atom. The Labute approximate surface area is 198 Å². The Bertz CT molecular complexity index is 444. The Morgan fingerprint density at radius 2 is 1.41 bits per heavy atom. The number of amides is 1. The average Bonchev–Trinajstić information content (AvgIpc) is 2.73. The predicted octanol–water partition coefficient (Wildman–Crippen LogP) is 4.90. The molecule has 2 N–H and O–H groups in total. The van der Waals surface area contributed by atoms with Gasteiger partial charge in [0.05, 0.1) is 19.8 Å². The summed E-state index contributed by atoms with van der Waals surface area (Å²) in [5.74, 6) is 1.70. The van der Waals surface area contributed by atoms with Gasteiger partial charge in [0, 0.05) is 13.0 Å². The third kappa shape index (κ3) is 25.3.